The average Bonchev–Trinajstić information content (AvgIpc) is 2.56. The van der Waals surface area contributed by atoms with Gasteiger partial charge in [0, 0.05) is 24.3 Å². The zero-order chi connectivity index (χ0) is 16.1. The summed E-state index contributed by atoms with van der Waals surface area (Å²) in [5, 5.41) is 11.0. The molecule has 1 amide bonds. The molecule has 1 fully saturated rings. The van der Waals surface area contributed by atoms with Crippen LogP contribution in [-0.2, 0) is 9.53 Å². The number of benzene rings is 1. The average molecular weight is 333 g/mol. The fourth-order valence-corrected chi connectivity index (χ4v) is 2.60. The van der Waals surface area contributed by atoms with Gasteiger partial charge in [-0.05, 0) is 29.8 Å². The third-order valence-corrected chi connectivity index (χ3v) is 3.85. The van der Waals surface area contributed by atoms with Gasteiger partial charge in [-0.1, -0.05) is 23.7 Å². The molecule has 23 heavy (non-hydrogen) atoms. The number of carbonyl (C=O) groups is 1. The van der Waals surface area contributed by atoms with E-state index in [1.54, 1.807) is 18.3 Å². The molecule has 6 nitrogen and oxygen atoms in total. The van der Waals surface area contributed by atoms with E-state index in [4.69, 9.17) is 16.3 Å². The first-order valence-corrected chi connectivity index (χ1v) is 7.75. The lowest BCUT2D eigenvalue weighted by Gasteiger charge is -2.32. The Morgan fingerprint density at radius 2 is 2.17 bits per heavy atom. The van der Waals surface area contributed by atoms with Crippen LogP contribution < -0.4 is 5.32 Å². The first-order chi connectivity index (χ1) is 11.2. The fourth-order valence-electron chi connectivity index (χ4n) is 2.48. The van der Waals surface area contributed by atoms with Crippen LogP contribution in [0.2, 0.25) is 5.02 Å². The second-order valence-corrected chi connectivity index (χ2v) is 5.74. The summed E-state index contributed by atoms with van der Waals surface area (Å²) in [7, 11) is 0. The van der Waals surface area contributed by atoms with Gasteiger partial charge >= 0.3 is 0 Å². The smallest absolute Gasteiger partial charge is 0.239 e. The van der Waals surface area contributed by atoms with Crippen LogP contribution in [-0.4, -0.2) is 47.2 Å². The van der Waals surface area contributed by atoms with Crippen molar-refractivity contribution >= 4 is 23.3 Å². The molecule has 1 atom stereocenters. The van der Waals surface area contributed by atoms with Crippen molar-refractivity contribution in [3.63, 3.8) is 0 Å². The van der Waals surface area contributed by atoms with Crippen LogP contribution >= 0.6 is 11.6 Å². The van der Waals surface area contributed by atoms with E-state index >= 15 is 0 Å². The van der Waals surface area contributed by atoms with Gasteiger partial charge in [-0.2, -0.15) is 5.10 Å². The zero-order valence-electron chi connectivity index (χ0n) is 12.5. The monoisotopic (exact) mass is 332 g/mol. The standard InChI is InChI=1S/C16H17ClN4O2/c17-13-5-3-12(4-6-13)14-10-21(8-9-23-14)11-16(22)19-15-2-1-7-18-20-15/h1-7,14H,8-11H2,(H,19,20,22)/t14-/m0/s1. The lowest BCUT2D eigenvalue weighted by atomic mass is 10.1. The number of hydrogen-bond donors (Lipinski definition) is 1. The highest BCUT2D eigenvalue weighted by atomic mass is 35.5. The third kappa shape index (κ3) is 4.48. The summed E-state index contributed by atoms with van der Waals surface area (Å²) in [4.78, 5) is 14.2. The maximum atomic E-state index is 12.1. The van der Waals surface area contributed by atoms with Crippen LogP contribution in [0, 0.1) is 0 Å². The molecular weight excluding hydrogens is 316 g/mol. The quantitative estimate of drug-likeness (QED) is 0.929. The largest absolute Gasteiger partial charge is 0.371 e. The van der Waals surface area contributed by atoms with E-state index < -0.39 is 0 Å². The van der Waals surface area contributed by atoms with Gasteiger partial charge in [0.25, 0.3) is 0 Å². The van der Waals surface area contributed by atoms with Crippen LogP contribution in [0.4, 0.5) is 5.82 Å². The van der Waals surface area contributed by atoms with Crippen molar-refractivity contribution in [3.05, 3.63) is 53.2 Å². The lowest BCUT2D eigenvalue weighted by molar-refractivity contribution is -0.119. The first kappa shape index (κ1) is 15.9. The molecule has 0 unspecified atom stereocenters. The summed E-state index contributed by atoms with van der Waals surface area (Å²) in [5.41, 5.74) is 1.06. The van der Waals surface area contributed by atoms with Crippen molar-refractivity contribution in [2.45, 2.75) is 6.10 Å². The number of hydrogen-bond acceptors (Lipinski definition) is 5. The Morgan fingerprint density at radius 3 is 2.91 bits per heavy atom. The summed E-state index contributed by atoms with van der Waals surface area (Å²) >= 11 is 5.91. The van der Waals surface area contributed by atoms with Gasteiger partial charge in [0.1, 0.15) is 0 Å². The Labute approximate surface area is 139 Å². The maximum Gasteiger partial charge on any atom is 0.239 e. The predicted octanol–water partition coefficient (Wildman–Crippen LogP) is 2.14. The second kappa shape index (κ2) is 7.50. The summed E-state index contributed by atoms with van der Waals surface area (Å²) < 4.78 is 5.80. The highest BCUT2D eigenvalue weighted by Gasteiger charge is 2.23. The first-order valence-electron chi connectivity index (χ1n) is 7.38. The van der Waals surface area contributed by atoms with Crippen molar-refractivity contribution in [2.75, 3.05) is 31.6 Å². The van der Waals surface area contributed by atoms with Gasteiger partial charge in [0.15, 0.2) is 5.82 Å². The summed E-state index contributed by atoms with van der Waals surface area (Å²) in [6, 6.07) is 11.0. The number of carbonyl (C=O) groups excluding carboxylic acids is 1. The molecule has 0 aliphatic carbocycles. The summed E-state index contributed by atoms with van der Waals surface area (Å²) in [5.74, 6) is 0.349. The molecular formula is C16H17ClN4O2. The van der Waals surface area contributed by atoms with E-state index in [0.717, 1.165) is 12.1 Å². The van der Waals surface area contributed by atoms with Crippen molar-refractivity contribution < 1.29 is 9.53 Å². The van der Waals surface area contributed by atoms with Crippen LogP contribution in [0.25, 0.3) is 0 Å². The Bertz CT molecular complexity index is 651. The second-order valence-electron chi connectivity index (χ2n) is 5.30. The van der Waals surface area contributed by atoms with Crippen LogP contribution in [0.5, 0.6) is 0 Å². The van der Waals surface area contributed by atoms with Gasteiger partial charge < -0.3 is 10.1 Å². The minimum absolute atomic E-state index is 0.0506. The minimum Gasteiger partial charge on any atom is -0.371 e. The molecule has 0 spiro atoms. The van der Waals surface area contributed by atoms with E-state index in [-0.39, 0.29) is 12.0 Å². The molecule has 1 saturated heterocycles. The Balaban J connectivity index is 1.56. The molecule has 1 N–H and O–H groups in total. The molecule has 2 heterocycles. The molecule has 3 rings (SSSR count). The maximum absolute atomic E-state index is 12.1. The summed E-state index contributed by atoms with van der Waals surface area (Å²) in [6.07, 6.45) is 1.51. The van der Waals surface area contributed by atoms with Crippen molar-refractivity contribution in [2.24, 2.45) is 0 Å². The molecule has 120 valence electrons. The normalized spacial score (nSPS) is 18.6. The van der Waals surface area contributed by atoms with E-state index in [2.05, 4.69) is 20.4 Å². The highest BCUT2D eigenvalue weighted by Crippen LogP contribution is 2.23. The van der Waals surface area contributed by atoms with E-state index in [1.807, 2.05) is 24.3 Å². The number of amides is 1. The number of halogens is 1. The van der Waals surface area contributed by atoms with E-state index in [9.17, 15) is 4.79 Å². The van der Waals surface area contributed by atoms with Crippen molar-refractivity contribution in [1.82, 2.24) is 15.1 Å². The highest BCUT2D eigenvalue weighted by molar-refractivity contribution is 6.30. The SMILES string of the molecule is O=C(CN1CCO[C@H](c2ccc(Cl)cc2)C1)Nc1cccnn1. The molecule has 0 saturated carbocycles. The number of ether oxygens (including phenoxy) is 1. The molecule has 1 aliphatic heterocycles. The Morgan fingerprint density at radius 1 is 1.35 bits per heavy atom. The zero-order valence-corrected chi connectivity index (χ0v) is 13.2. The predicted molar refractivity (Wildman–Crippen MR) is 87.2 cm³/mol. The molecule has 1 aliphatic rings. The number of anilines is 1. The lowest BCUT2D eigenvalue weighted by Crippen LogP contribution is -2.42. The molecule has 1 aromatic carbocycles. The number of morpholine rings is 1. The van der Waals surface area contributed by atoms with Crippen LogP contribution in [0.1, 0.15) is 11.7 Å². The van der Waals surface area contributed by atoms with E-state index in [0.29, 0.717) is 30.5 Å². The van der Waals surface area contributed by atoms with Gasteiger partial charge in [-0.3, -0.25) is 9.69 Å². The topological polar surface area (TPSA) is 67.3 Å². The van der Waals surface area contributed by atoms with E-state index in [1.165, 1.54) is 0 Å². The molecule has 7 heteroatoms. The number of rotatable bonds is 4. The number of nitrogens with zero attached hydrogens (tertiary/aromatic N) is 3. The van der Waals surface area contributed by atoms with Crippen LogP contribution in [0.3, 0.4) is 0 Å². The van der Waals surface area contributed by atoms with Crippen molar-refractivity contribution in [1.29, 1.82) is 0 Å². The van der Waals surface area contributed by atoms with Crippen molar-refractivity contribution in [3.8, 4) is 0 Å². The Kier molecular flexibility index (Phi) is 5.17. The van der Waals surface area contributed by atoms with Gasteiger partial charge in [0.05, 0.1) is 19.3 Å². The molecule has 2 aromatic rings. The third-order valence-electron chi connectivity index (χ3n) is 3.60. The van der Waals surface area contributed by atoms with Gasteiger partial charge in [-0.15, -0.1) is 5.10 Å². The Hall–Kier alpha value is -2.02. The number of nitrogens with one attached hydrogen (secondary N) is 1. The number of aromatic nitrogens is 2. The van der Waals surface area contributed by atoms with Gasteiger partial charge in [-0.25, -0.2) is 0 Å². The summed E-state index contributed by atoms with van der Waals surface area (Å²) in [6.45, 7) is 2.27. The molecule has 0 bridgehead atoms. The minimum atomic E-state index is -0.109. The molecule has 1 aromatic heterocycles. The van der Waals surface area contributed by atoms with Gasteiger partial charge in [0.2, 0.25) is 5.91 Å². The van der Waals surface area contributed by atoms with Crippen LogP contribution in [0.15, 0.2) is 42.6 Å². The molecule has 0 radical (unpaired) electrons. The fraction of sp³-hybridized carbons (Fsp3) is 0.312.